The number of aryl methyl sites for hydroxylation is 1. The lowest BCUT2D eigenvalue weighted by Crippen LogP contribution is -2.31. The lowest BCUT2D eigenvalue weighted by molar-refractivity contribution is 0.172. The lowest BCUT2D eigenvalue weighted by atomic mass is 10.0. The molecule has 0 bridgehead atoms. The molecule has 2 heterocycles. The molecule has 5 heteroatoms. The van der Waals surface area contributed by atoms with Crippen molar-refractivity contribution in [2.45, 2.75) is 12.5 Å². The van der Waals surface area contributed by atoms with E-state index in [1.807, 2.05) is 11.7 Å². The molecule has 0 amide bonds. The first-order valence-corrected chi connectivity index (χ1v) is 4.41. The Morgan fingerprint density at radius 1 is 1.69 bits per heavy atom. The summed E-state index contributed by atoms with van der Waals surface area (Å²) in [5.41, 5.74) is 2.26. The molecule has 0 saturated heterocycles. The van der Waals surface area contributed by atoms with Crippen LogP contribution < -0.4 is 5.32 Å². The number of fused-ring (bicyclic) bond motifs is 1. The minimum atomic E-state index is 0.383. The standard InChI is InChI=1S/C8H14N4O/c1-12-8-6(5-13-2)3-9-4-7(8)10-11-12/h6,9H,3-5H2,1-2H3. The van der Waals surface area contributed by atoms with E-state index in [2.05, 4.69) is 15.6 Å². The fourth-order valence-electron chi connectivity index (χ4n) is 1.83. The van der Waals surface area contributed by atoms with Gasteiger partial charge >= 0.3 is 0 Å². The van der Waals surface area contributed by atoms with Gasteiger partial charge in [-0.05, 0) is 0 Å². The third-order valence-corrected chi connectivity index (χ3v) is 2.38. The van der Waals surface area contributed by atoms with Crippen molar-refractivity contribution >= 4 is 0 Å². The Bertz CT molecular complexity index is 296. The molecule has 1 aliphatic rings. The van der Waals surface area contributed by atoms with Gasteiger partial charge in [-0.1, -0.05) is 5.21 Å². The summed E-state index contributed by atoms with van der Waals surface area (Å²) in [6.07, 6.45) is 0. The zero-order valence-electron chi connectivity index (χ0n) is 7.95. The van der Waals surface area contributed by atoms with Crippen LogP contribution in [0.2, 0.25) is 0 Å². The normalized spacial score (nSPS) is 21.5. The van der Waals surface area contributed by atoms with Crippen molar-refractivity contribution in [3.63, 3.8) is 0 Å². The van der Waals surface area contributed by atoms with Gasteiger partial charge in [-0.2, -0.15) is 0 Å². The van der Waals surface area contributed by atoms with Gasteiger partial charge in [0.1, 0.15) is 5.69 Å². The van der Waals surface area contributed by atoms with Crippen LogP contribution in [0.3, 0.4) is 0 Å². The maximum atomic E-state index is 5.15. The van der Waals surface area contributed by atoms with Crippen molar-refractivity contribution in [3.05, 3.63) is 11.4 Å². The van der Waals surface area contributed by atoms with Crippen LogP contribution in [0.1, 0.15) is 17.3 Å². The van der Waals surface area contributed by atoms with Crippen molar-refractivity contribution in [2.24, 2.45) is 7.05 Å². The van der Waals surface area contributed by atoms with Crippen LogP contribution in [-0.2, 0) is 18.3 Å². The maximum absolute atomic E-state index is 5.15. The largest absolute Gasteiger partial charge is 0.384 e. The Balaban J connectivity index is 2.29. The van der Waals surface area contributed by atoms with Crippen LogP contribution >= 0.6 is 0 Å². The highest BCUT2D eigenvalue weighted by Gasteiger charge is 2.24. The first kappa shape index (κ1) is 8.65. The SMILES string of the molecule is COCC1CNCc2nnn(C)c21. The molecule has 0 saturated carbocycles. The number of hydrogen-bond donors (Lipinski definition) is 1. The Morgan fingerprint density at radius 3 is 3.31 bits per heavy atom. The number of nitrogens with one attached hydrogen (secondary N) is 1. The highest BCUT2D eigenvalue weighted by molar-refractivity contribution is 5.19. The summed E-state index contributed by atoms with van der Waals surface area (Å²) in [6, 6.07) is 0. The second-order valence-electron chi connectivity index (χ2n) is 3.33. The Kier molecular flexibility index (Phi) is 2.28. The molecule has 1 unspecified atom stereocenters. The molecule has 0 radical (unpaired) electrons. The van der Waals surface area contributed by atoms with Crippen LogP contribution in [-0.4, -0.2) is 35.3 Å². The average Bonchev–Trinajstić information content (AvgIpc) is 2.50. The van der Waals surface area contributed by atoms with Crippen LogP contribution in [0.25, 0.3) is 0 Å². The van der Waals surface area contributed by atoms with Crippen molar-refractivity contribution in [1.82, 2.24) is 20.3 Å². The zero-order chi connectivity index (χ0) is 9.26. The van der Waals surface area contributed by atoms with E-state index in [4.69, 9.17) is 4.74 Å². The summed E-state index contributed by atoms with van der Waals surface area (Å²) in [4.78, 5) is 0. The first-order chi connectivity index (χ1) is 6.33. The summed E-state index contributed by atoms with van der Waals surface area (Å²) < 4.78 is 7.00. The van der Waals surface area contributed by atoms with Gasteiger partial charge < -0.3 is 10.1 Å². The van der Waals surface area contributed by atoms with E-state index < -0.39 is 0 Å². The predicted molar refractivity (Wildman–Crippen MR) is 47.3 cm³/mol. The topological polar surface area (TPSA) is 52.0 Å². The minimum absolute atomic E-state index is 0.383. The van der Waals surface area contributed by atoms with Crippen molar-refractivity contribution < 1.29 is 4.74 Å². The fourth-order valence-corrected chi connectivity index (χ4v) is 1.83. The minimum Gasteiger partial charge on any atom is -0.384 e. The van der Waals surface area contributed by atoms with Crippen LogP contribution in [0, 0.1) is 0 Å². The van der Waals surface area contributed by atoms with E-state index in [-0.39, 0.29) is 0 Å². The molecular formula is C8H14N4O. The summed E-state index contributed by atoms with van der Waals surface area (Å²) in [7, 11) is 3.65. The molecule has 1 aliphatic heterocycles. The molecule has 1 N–H and O–H groups in total. The molecule has 72 valence electrons. The molecule has 0 fully saturated rings. The number of hydrogen-bond acceptors (Lipinski definition) is 4. The highest BCUT2D eigenvalue weighted by atomic mass is 16.5. The molecule has 0 aromatic carbocycles. The molecule has 13 heavy (non-hydrogen) atoms. The van der Waals surface area contributed by atoms with Gasteiger partial charge in [0, 0.05) is 33.2 Å². The number of ether oxygens (including phenoxy) is 1. The summed E-state index contributed by atoms with van der Waals surface area (Å²) in [5.74, 6) is 0.383. The van der Waals surface area contributed by atoms with E-state index in [1.54, 1.807) is 7.11 Å². The van der Waals surface area contributed by atoms with Crippen LogP contribution in [0.15, 0.2) is 0 Å². The molecule has 0 spiro atoms. The van der Waals surface area contributed by atoms with Gasteiger partial charge in [-0.3, -0.25) is 4.68 Å². The van der Waals surface area contributed by atoms with Crippen molar-refractivity contribution in [1.29, 1.82) is 0 Å². The van der Waals surface area contributed by atoms with E-state index in [1.165, 1.54) is 5.69 Å². The lowest BCUT2D eigenvalue weighted by Gasteiger charge is -2.22. The molecule has 5 nitrogen and oxygen atoms in total. The smallest absolute Gasteiger partial charge is 0.100 e. The first-order valence-electron chi connectivity index (χ1n) is 4.41. The van der Waals surface area contributed by atoms with Gasteiger partial charge in [0.2, 0.25) is 0 Å². The molecule has 1 aromatic heterocycles. The number of nitrogens with zero attached hydrogens (tertiary/aromatic N) is 3. The van der Waals surface area contributed by atoms with Gasteiger partial charge in [-0.15, -0.1) is 5.10 Å². The summed E-state index contributed by atoms with van der Waals surface area (Å²) in [6.45, 7) is 2.49. The van der Waals surface area contributed by atoms with Crippen molar-refractivity contribution in [2.75, 3.05) is 20.3 Å². The molecular weight excluding hydrogens is 168 g/mol. The highest BCUT2D eigenvalue weighted by Crippen LogP contribution is 2.21. The fraction of sp³-hybridized carbons (Fsp3) is 0.750. The third-order valence-electron chi connectivity index (χ3n) is 2.38. The zero-order valence-corrected chi connectivity index (χ0v) is 7.95. The van der Waals surface area contributed by atoms with Crippen molar-refractivity contribution in [3.8, 4) is 0 Å². The van der Waals surface area contributed by atoms with Gasteiger partial charge in [0.05, 0.1) is 12.3 Å². The van der Waals surface area contributed by atoms with Crippen LogP contribution in [0.4, 0.5) is 0 Å². The monoisotopic (exact) mass is 182 g/mol. The Labute approximate surface area is 77.1 Å². The Hall–Kier alpha value is -0.940. The van der Waals surface area contributed by atoms with E-state index in [0.717, 1.165) is 25.4 Å². The molecule has 1 atom stereocenters. The molecule has 2 rings (SSSR count). The second kappa shape index (κ2) is 3.43. The van der Waals surface area contributed by atoms with E-state index in [0.29, 0.717) is 5.92 Å². The van der Waals surface area contributed by atoms with E-state index >= 15 is 0 Å². The third kappa shape index (κ3) is 1.45. The number of aromatic nitrogens is 3. The molecule has 1 aromatic rings. The van der Waals surface area contributed by atoms with Gasteiger partial charge in [0.25, 0.3) is 0 Å². The van der Waals surface area contributed by atoms with Crippen LogP contribution in [0.5, 0.6) is 0 Å². The predicted octanol–water partition coefficient (Wildman–Crippen LogP) is -0.352. The van der Waals surface area contributed by atoms with Gasteiger partial charge in [0.15, 0.2) is 0 Å². The maximum Gasteiger partial charge on any atom is 0.100 e. The number of rotatable bonds is 2. The Morgan fingerprint density at radius 2 is 2.54 bits per heavy atom. The quantitative estimate of drug-likeness (QED) is 0.679. The summed E-state index contributed by atoms with van der Waals surface area (Å²) >= 11 is 0. The summed E-state index contributed by atoms with van der Waals surface area (Å²) in [5, 5.41) is 11.4. The van der Waals surface area contributed by atoms with Gasteiger partial charge in [-0.25, -0.2) is 0 Å². The average molecular weight is 182 g/mol. The van der Waals surface area contributed by atoms with E-state index in [9.17, 15) is 0 Å². The number of methoxy groups -OCH3 is 1. The molecule has 0 aliphatic carbocycles. The second-order valence-corrected chi connectivity index (χ2v) is 3.33.